The van der Waals surface area contributed by atoms with Crippen molar-refractivity contribution in [3.63, 3.8) is 0 Å². The standard InChI is InChI=1S/C27H37N3O7/c1-5-6-16-35-22-15-12-20(28-18-22)17-23(29-26(33)37-27(2,3)4)25(32)36-21-13-10-19(11-14-21)8-7-9-24(31)30-34/h10-15,18,23,34H,5-9,16-17H2,1-4H3,(H,29,33)(H,30,31)/t23-/m1/s1. The van der Waals surface area contributed by atoms with Crippen molar-refractivity contribution in [3.05, 3.63) is 53.9 Å². The van der Waals surface area contributed by atoms with E-state index in [0.717, 1.165) is 18.4 Å². The van der Waals surface area contributed by atoms with Crippen LogP contribution in [0.5, 0.6) is 11.5 Å². The molecular weight excluding hydrogens is 478 g/mol. The summed E-state index contributed by atoms with van der Waals surface area (Å²) in [5, 5.41) is 11.1. The van der Waals surface area contributed by atoms with E-state index in [1.807, 2.05) is 0 Å². The van der Waals surface area contributed by atoms with E-state index < -0.39 is 29.6 Å². The number of aryl methyl sites for hydroxylation is 1. The molecule has 0 aliphatic heterocycles. The van der Waals surface area contributed by atoms with Crippen molar-refractivity contribution in [2.75, 3.05) is 6.61 Å². The van der Waals surface area contributed by atoms with E-state index >= 15 is 0 Å². The third-order valence-corrected chi connectivity index (χ3v) is 5.09. The molecular formula is C27H37N3O7. The highest BCUT2D eigenvalue weighted by molar-refractivity contribution is 5.83. The molecule has 0 saturated heterocycles. The topological polar surface area (TPSA) is 136 Å². The minimum Gasteiger partial charge on any atom is -0.492 e. The van der Waals surface area contributed by atoms with Gasteiger partial charge in [0.1, 0.15) is 23.1 Å². The predicted molar refractivity (Wildman–Crippen MR) is 136 cm³/mol. The Morgan fingerprint density at radius 3 is 2.32 bits per heavy atom. The van der Waals surface area contributed by atoms with Crippen LogP contribution in [-0.2, 0) is 27.2 Å². The molecule has 0 unspecified atom stereocenters. The van der Waals surface area contributed by atoms with Crippen LogP contribution in [0.4, 0.5) is 4.79 Å². The van der Waals surface area contributed by atoms with Gasteiger partial charge in [-0.3, -0.25) is 15.0 Å². The van der Waals surface area contributed by atoms with Gasteiger partial charge in [0.2, 0.25) is 5.91 Å². The first kappa shape index (κ1) is 29.6. The highest BCUT2D eigenvalue weighted by Crippen LogP contribution is 2.17. The number of esters is 1. The van der Waals surface area contributed by atoms with Gasteiger partial charge in [0.05, 0.1) is 12.8 Å². The summed E-state index contributed by atoms with van der Waals surface area (Å²) < 4.78 is 16.5. The summed E-state index contributed by atoms with van der Waals surface area (Å²) in [6, 6.07) is 9.34. The van der Waals surface area contributed by atoms with Gasteiger partial charge in [-0.25, -0.2) is 15.1 Å². The molecule has 2 amide bonds. The number of hydrogen-bond acceptors (Lipinski definition) is 8. The zero-order chi connectivity index (χ0) is 27.3. The number of nitrogens with one attached hydrogen (secondary N) is 2. The number of carbonyl (C=O) groups is 3. The average Bonchev–Trinajstić information content (AvgIpc) is 2.84. The number of alkyl carbamates (subject to hydrolysis) is 1. The minimum atomic E-state index is -1.04. The van der Waals surface area contributed by atoms with E-state index in [1.165, 1.54) is 0 Å². The fraction of sp³-hybridized carbons (Fsp3) is 0.481. The van der Waals surface area contributed by atoms with E-state index in [-0.39, 0.29) is 12.8 Å². The molecule has 0 bridgehead atoms. The molecule has 0 aliphatic rings. The van der Waals surface area contributed by atoms with Crippen molar-refractivity contribution in [1.82, 2.24) is 15.8 Å². The van der Waals surface area contributed by atoms with E-state index in [2.05, 4.69) is 17.2 Å². The average molecular weight is 516 g/mol. The van der Waals surface area contributed by atoms with Crippen LogP contribution in [0.3, 0.4) is 0 Å². The first-order valence-electron chi connectivity index (χ1n) is 12.4. The summed E-state index contributed by atoms with van der Waals surface area (Å²) in [5.74, 6) is -0.162. The Morgan fingerprint density at radius 1 is 1.03 bits per heavy atom. The van der Waals surface area contributed by atoms with Crippen LogP contribution in [0, 0.1) is 0 Å². The molecule has 10 heteroatoms. The van der Waals surface area contributed by atoms with E-state index in [4.69, 9.17) is 19.4 Å². The van der Waals surface area contributed by atoms with E-state index in [0.29, 0.717) is 36.6 Å². The fourth-order valence-corrected chi connectivity index (χ4v) is 3.22. The largest absolute Gasteiger partial charge is 0.492 e. The van der Waals surface area contributed by atoms with Crippen LogP contribution in [0.25, 0.3) is 0 Å². The van der Waals surface area contributed by atoms with Gasteiger partial charge >= 0.3 is 12.1 Å². The first-order valence-corrected chi connectivity index (χ1v) is 12.4. The summed E-state index contributed by atoms with van der Waals surface area (Å²) in [5.41, 5.74) is 2.38. The normalized spacial score (nSPS) is 11.8. The third-order valence-electron chi connectivity index (χ3n) is 5.09. The second kappa shape index (κ2) is 14.8. The molecule has 1 heterocycles. The number of unbranched alkanes of at least 4 members (excludes halogenated alkanes) is 1. The molecule has 1 aromatic carbocycles. The number of pyridine rings is 1. The van der Waals surface area contributed by atoms with Gasteiger partial charge in [-0.2, -0.15) is 0 Å². The fourth-order valence-electron chi connectivity index (χ4n) is 3.22. The molecule has 0 saturated carbocycles. The maximum Gasteiger partial charge on any atom is 0.408 e. The highest BCUT2D eigenvalue weighted by atomic mass is 16.6. The van der Waals surface area contributed by atoms with Gasteiger partial charge < -0.3 is 19.5 Å². The van der Waals surface area contributed by atoms with Gasteiger partial charge in [0, 0.05) is 18.5 Å². The Balaban J connectivity index is 2.05. The molecule has 0 aliphatic carbocycles. The smallest absolute Gasteiger partial charge is 0.408 e. The van der Waals surface area contributed by atoms with Gasteiger partial charge in [0.25, 0.3) is 0 Å². The number of nitrogens with zero attached hydrogens (tertiary/aromatic N) is 1. The summed E-state index contributed by atoms with van der Waals surface area (Å²) in [7, 11) is 0. The zero-order valence-corrected chi connectivity index (χ0v) is 21.9. The first-order chi connectivity index (χ1) is 17.6. The number of benzene rings is 1. The number of ether oxygens (including phenoxy) is 3. The summed E-state index contributed by atoms with van der Waals surface area (Å²) >= 11 is 0. The Bertz CT molecular complexity index is 1000. The van der Waals surface area contributed by atoms with Crippen LogP contribution in [0.2, 0.25) is 0 Å². The van der Waals surface area contributed by atoms with Gasteiger partial charge in [0.15, 0.2) is 0 Å². The minimum absolute atomic E-state index is 0.0956. The molecule has 37 heavy (non-hydrogen) atoms. The van der Waals surface area contributed by atoms with Crippen molar-refractivity contribution in [2.24, 2.45) is 0 Å². The number of hydrogen-bond donors (Lipinski definition) is 3. The molecule has 2 aromatic rings. The Labute approximate surface area is 217 Å². The van der Waals surface area contributed by atoms with Crippen LogP contribution in [0.15, 0.2) is 42.6 Å². The number of carbonyl (C=O) groups excluding carboxylic acids is 3. The van der Waals surface area contributed by atoms with E-state index in [9.17, 15) is 14.4 Å². The maximum absolute atomic E-state index is 13.0. The molecule has 202 valence electrons. The summed E-state index contributed by atoms with van der Waals surface area (Å²) in [6.45, 7) is 7.88. The summed E-state index contributed by atoms with van der Waals surface area (Å²) in [4.78, 5) is 40.9. The van der Waals surface area contributed by atoms with Crippen molar-refractivity contribution in [2.45, 2.75) is 77.9 Å². The van der Waals surface area contributed by atoms with Crippen LogP contribution in [-0.4, -0.2) is 46.4 Å². The second-order valence-electron chi connectivity index (χ2n) is 9.54. The number of hydroxylamine groups is 1. The van der Waals surface area contributed by atoms with E-state index in [1.54, 1.807) is 68.8 Å². The Morgan fingerprint density at radius 2 is 1.73 bits per heavy atom. The molecule has 0 radical (unpaired) electrons. The van der Waals surface area contributed by atoms with Crippen LogP contribution >= 0.6 is 0 Å². The van der Waals surface area contributed by atoms with Gasteiger partial charge in [-0.1, -0.05) is 25.5 Å². The quantitative estimate of drug-likeness (QED) is 0.119. The lowest BCUT2D eigenvalue weighted by atomic mass is 10.1. The number of rotatable bonds is 13. The van der Waals surface area contributed by atoms with Gasteiger partial charge in [-0.15, -0.1) is 0 Å². The molecule has 0 fully saturated rings. The molecule has 1 aromatic heterocycles. The van der Waals surface area contributed by atoms with Gasteiger partial charge in [-0.05, 0) is 69.9 Å². The summed E-state index contributed by atoms with van der Waals surface area (Å²) in [6.07, 6.45) is 4.29. The van der Waals surface area contributed by atoms with Crippen molar-refractivity contribution < 1.29 is 33.8 Å². The van der Waals surface area contributed by atoms with Crippen LogP contribution < -0.4 is 20.3 Å². The lowest BCUT2D eigenvalue weighted by Gasteiger charge is -2.23. The molecule has 3 N–H and O–H groups in total. The zero-order valence-electron chi connectivity index (χ0n) is 21.9. The van der Waals surface area contributed by atoms with Crippen molar-refractivity contribution >= 4 is 18.0 Å². The highest BCUT2D eigenvalue weighted by Gasteiger charge is 2.27. The Kier molecular flexibility index (Phi) is 11.8. The molecule has 1 atom stereocenters. The number of amides is 2. The molecule has 10 nitrogen and oxygen atoms in total. The van der Waals surface area contributed by atoms with Crippen molar-refractivity contribution in [3.8, 4) is 11.5 Å². The maximum atomic E-state index is 13.0. The monoisotopic (exact) mass is 515 g/mol. The lowest BCUT2D eigenvalue weighted by Crippen LogP contribution is -2.46. The predicted octanol–water partition coefficient (Wildman–Crippen LogP) is 4.13. The van der Waals surface area contributed by atoms with Crippen LogP contribution in [0.1, 0.15) is 64.6 Å². The SMILES string of the molecule is CCCCOc1ccc(C[C@@H](NC(=O)OC(C)(C)C)C(=O)Oc2ccc(CCCC(=O)NO)cc2)nc1. The molecule has 2 rings (SSSR count). The van der Waals surface area contributed by atoms with Crippen molar-refractivity contribution in [1.29, 1.82) is 0 Å². The second-order valence-corrected chi connectivity index (χ2v) is 9.54. The molecule has 0 spiro atoms. The lowest BCUT2D eigenvalue weighted by molar-refractivity contribution is -0.136. The number of aromatic nitrogens is 1. The Hall–Kier alpha value is -3.66. The third kappa shape index (κ3) is 11.7.